The van der Waals surface area contributed by atoms with E-state index in [0.29, 0.717) is 24.1 Å². The van der Waals surface area contributed by atoms with Crippen molar-refractivity contribution in [2.24, 2.45) is 0 Å². The van der Waals surface area contributed by atoms with Crippen LogP contribution < -0.4 is 10.2 Å². The molecule has 0 bridgehead atoms. The van der Waals surface area contributed by atoms with Gasteiger partial charge in [0.25, 0.3) is 0 Å². The molecule has 1 aromatic carbocycles. The molecule has 0 spiro atoms. The van der Waals surface area contributed by atoms with Crippen molar-refractivity contribution < 1.29 is 22.8 Å². The van der Waals surface area contributed by atoms with Crippen LogP contribution in [0, 0.1) is 0 Å². The molecule has 1 unspecified atom stereocenters. The molecule has 2 N–H and O–H groups in total. The SMILES string of the molecule is CCCNS(=O)(=O)C(C)(C)c1ccc(C2(C(=O)OC)C=CON2)cc1. The normalized spacial score (nSPS) is 20.3. The van der Waals surface area contributed by atoms with E-state index in [-0.39, 0.29) is 0 Å². The van der Waals surface area contributed by atoms with Crippen molar-refractivity contribution in [3.05, 3.63) is 47.7 Å². The zero-order valence-electron chi connectivity index (χ0n) is 14.8. The van der Waals surface area contributed by atoms with E-state index in [1.807, 2.05) is 6.92 Å². The number of sulfonamides is 1. The first-order chi connectivity index (χ1) is 11.7. The summed E-state index contributed by atoms with van der Waals surface area (Å²) in [6.45, 7) is 5.59. The third-order valence-corrected chi connectivity index (χ3v) is 6.53. The molecular formula is C17H24N2O5S. The summed E-state index contributed by atoms with van der Waals surface area (Å²) in [6.07, 6.45) is 3.64. The Labute approximate surface area is 148 Å². The standard InChI is InChI=1S/C17H24N2O5S/c1-5-11-18-25(21,22)16(2,3)13-6-8-14(9-7-13)17(15(20)23-4)10-12-24-19-17/h6-10,12,18-19H,5,11H2,1-4H3. The monoisotopic (exact) mass is 368 g/mol. The van der Waals surface area contributed by atoms with E-state index in [1.165, 1.54) is 13.4 Å². The van der Waals surface area contributed by atoms with Gasteiger partial charge in [0.05, 0.1) is 7.11 Å². The molecule has 1 aliphatic rings. The summed E-state index contributed by atoms with van der Waals surface area (Å²) in [6, 6.07) is 6.77. The van der Waals surface area contributed by atoms with Crippen molar-refractivity contribution >= 4 is 16.0 Å². The van der Waals surface area contributed by atoms with E-state index >= 15 is 0 Å². The molecule has 1 atom stereocenters. The van der Waals surface area contributed by atoms with Crippen molar-refractivity contribution in [2.75, 3.05) is 13.7 Å². The molecular weight excluding hydrogens is 344 g/mol. The van der Waals surface area contributed by atoms with Gasteiger partial charge in [0.15, 0.2) is 5.54 Å². The minimum Gasteiger partial charge on any atom is -0.467 e. The highest BCUT2D eigenvalue weighted by Gasteiger charge is 2.43. The molecule has 7 nitrogen and oxygen atoms in total. The molecule has 1 heterocycles. The molecule has 1 aromatic rings. The van der Waals surface area contributed by atoms with Crippen molar-refractivity contribution in [3.63, 3.8) is 0 Å². The van der Waals surface area contributed by atoms with E-state index < -0.39 is 26.3 Å². The van der Waals surface area contributed by atoms with Crippen molar-refractivity contribution in [3.8, 4) is 0 Å². The number of benzene rings is 1. The van der Waals surface area contributed by atoms with Gasteiger partial charge in [-0.1, -0.05) is 31.2 Å². The Morgan fingerprint density at radius 2 is 1.96 bits per heavy atom. The maximum atomic E-state index is 12.5. The second-order valence-electron chi connectivity index (χ2n) is 6.31. The second-order valence-corrected chi connectivity index (χ2v) is 8.62. The summed E-state index contributed by atoms with van der Waals surface area (Å²) in [5.41, 5.74) is 2.60. The Morgan fingerprint density at radius 1 is 1.32 bits per heavy atom. The van der Waals surface area contributed by atoms with Crippen LogP contribution in [0.2, 0.25) is 0 Å². The summed E-state index contributed by atoms with van der Waals surface area (Å²) in [4.78, 5) is 17.2. The largest absolute Gasteiger partial charge is 0.467 e. The number of rotatable bonds is 7. The topological polar surface area (TPSA) is 93.7 Å². The highest BCUT2D eigenvalue weighted by Crippen LogP contribution is 2.33. The Morgan fingerprint density at radius 3 is 2.44 bits per heavy atom. The van der Waals surface area contributed by atoms with Crippen LogP contribution in [0.25, 0.3) is 0 Å². The quantitative estimate of drug-likeness (QED) is 0.711. The number of hydrogen-bond acceptors (Lipinski definition) is 6. The lowest BCUT2D eigenvalue weighted by molar-refractivity contribution is -0.149. The lowest BCUT2D eigenvalue weighted by Crippen LogP contribution is -2.45. The van der Waals surface area contributed by atoms with Crippen LogP contribution in [0.3, 0.4) is 0 Å². The molecule has 0 saturated heterocycles. The fraction of sp³-hybridized carbons (Fsp3) is 0.471. The van der Waals surface area contributed by atoms with E-state index in [1.54, 1.807) is 44.2 Å². The van der Waals surface area contributed by atoms with Gasteiger partial charge < -0.3 is 9.57 Å². The summed E-state index contributed by atoms with van der Waals surface area (Å²) in [5, 5.41) is 0. The van der Waals surface area contributed by atoms with E-state index in [2.05, 4.69) is 10.2 Å². The third kappa shape index (κ3) is 3.42. The Hall–Kier alpha value is -1.90. The van der Waals surface area contributed by atoms with Gasteiger partial charge in [0, 0.05) is 6.54 Å². The molecule has 0 amide bonds. The molecule has 25 heavy (non-hydrogen) atoms. The zero-order valence-corrected chi connectivity index (χ0v) is 15.6. The van der Waals surface area contributed by atoms with E-state index in [0.717, 1.165) is 0 Å². The van der Waals surface area contributed by atoms with E-state index in [9.17, 15) is 13.2 Å². The number of nitrogens with one attached hydrogen (secondary N) is 2. The molecule has 8 heteroatoms. The molecule has 0 aromatic heterocycles. The number of methoxy groups -OCH3 is 1. The molecule has 0 aliphatic carbocycles. The lowest BCUT2D eigenvalue weighted by Gasteiger charge is -2.27. The molecule has 0 radical (unpaired) electrons. The van der Waals surface area contributed by atoms with Gasteiger partial charge in [0.2, 0.25) is 10.0 Å². The summed E-state index contributed by atoms with van der Waals surface area (Å²) in [5.74, 6) is -0.523. The van der Waals surface area contributed by atoms with Crippen LogP contribution in [0.5, 0.6) is 0 Å². The smallest absolute Gasteiger partial charge is 0.338 e. The third-order valence-electron chi connectivity index (χ3n) is 4.36. The number of hydroxylamine groups is 1. The Balaban J connectivity index is 2.36. The lowest BCUT2D eigenvalue weighted by atomic mass is 9.89. The van der Waals surface area contributed by atoms with Crippen molar-refractivity contribution in [1.29, 1.82) is 0 Å². The van der Waals surface area contributed by atoms with Crippen LogP contribution in [0.4, 0.5) is 0 Å². The minimum atomic E-state index is -3.54. The number of carbonyl (C=O) groups excluding carboxylic acids is 1. The van der Waals surface area contributed by atoms with Crippen LogP contribution in [0.1, 0.15) is 38.3 Å². The zero-order chi connectivity index (χ0) is 18.7. The van der Waals surface area contributed by atoms with Gasteiger partial charge >= 0.3 is 5.97 Å². The average Bonchev–Trinajstić information content (AvgIpc) is 3.10. The number of esters is 1. The average molecular weight is 368 g/mol. The van der Waals surface area contributed by atoms with Crippen LogP contribution in [-0.2, 0) is 34.7 Å². The summed E-state index contributed by atoms with van der Waals surface area (Å²) in [7, 11) is -2.25. The number of ether oxygens (including phenoxy) is 1. The molecule has 1 aliphatic heterocycles. The predicted octanol–water partition coefficient (Wildman–Crippen LogP) is 1.67. The summed E-state index contributed by atoms with van der Waals surface area (Å²) < 4.78 is 31.4. The van der Waals surface area contributed by atoms with Crippen LogP contribution >= 0.6 is 0 Å². The summed E-state index contributed by atoms with van der Waals surface area (Å²) >= 11 is 0. The van der Waals surface area contributed by atoms with Crippen LogP contribution in [0.15, 0.2) is 36.6 Å². The maximum absolute atomic E-state index is 12.5. The number of carbonyl (C=O) groups is 1. The highest BCUT2D eigenvalue weighted by atomic mass is 32.2. The highest BCUT2D eigenvalue weighted by molar-refractivity contribution is 7.90. The fourth-order valence-corrected chi connectivity index (χ4v) is 3.83. The molecule has 2 rings (SSSR count). The van der Waals surface area contributed by atoms with Crippen molar-refractivity contribution in [2.45, 2.75) is 37.5 Å². The second kappa shape index (κ2) is 7.15. The predicted molar refractivity (Wildman–Crippen MR) is 93.7 cm³/mol. The molecule has 0 saturated carbocycles. The van der Waals surface area contributed by atoms with Gasteiger partial charge in [-0.3, -0.25) is 0 Å². The first-order valence-electron chi connectivity index (χ1n) is 8.00. The maximum Gasteiger partial charge on any atom is 0.338 e. The van der Waals surface area contributed by atoms with Gasteiger partial charge in [-0.2, -0.15) is 0 Å². The van der Waals surface area contributed by atoms with Gasteiger partial charge in [-0.05, 0) is 37.5 Å². The first kappa shape index (κ1) is 19.4. The van der Waals surface area contributed by atoms with Gasteiger partial charge in [-0.15, -0.1) is 5.48 Å². The van der Waals surface area contributed by atoms with Gasteiger partial charge in [0.1, 0.15) is 11.0 Å². The van der Waals surface area contributed by atoms with Crippen LogP contribution in [-0.4, -0.2) is 28.0 Å². The minimum absolute atomic E-state index is 0.390. The Bertz CT molecular complexity index is 756. The Kier molecular flexibility index (Phi) is 5.55. The van der Waals surface area contributed by atoms with E-state index in [4.69, 9.17) is 9.57 Å². The fourth-order valence-electron chi connectivity index (χ4n) is 2.55. The number of hydrogen-bond donors (Lipinski definition) is 2. The molecule has 138 valence electrons. The van der Waals surface area contributed by atoms with Gasteiger partial charge in [-0.25, -0.2) is 17.9 Å². The molecule has 0 fully saturated rings. The van der Waals surface area contributed by atoms with Crippen molar-refractivity contribution in [1.82, 2.24) is 10.2 Å². The first-order valence-corrected chi connectivity index (χ1v) is 9.49.